The lowest BCUT2D eigenvalue weighted by molar-refractivity contribution is 0.297. The maximum atomic E-state index is 5.75. The van der Waals surface area contributed by atoms with Crippen molar-refractivity contribution in [2.75, 3.05) is 32.1 Å². The Kier molecular flexibility index (Phi) is 8.32. The third-order valence-electron chi connectivity index (χ3n) is 4.48. The summed E-state index contributed by atoms with van der Waals surface area (Å²) in [6.07, 6.45) is 1.72. The molecule has 8 heteroatoms. The number of hydrogen-bond donors (Lipinski definition) is 2. The van der Waals surface area contributed by atoms with E-state index in [9.17, 15) is 0 Å². The predicted octanol–water partition coefficient (Wildman–Crippen LogP) is 4.82. The van der Waals surface area contributed by atoms with Gasteiger partial charge in [0, 0.05) is 49.1 Å². The molecule has 2 aromatic carbocycles. The minimum absolute atomic E-state index is 0. The van der Waals surface area contributed by atoms with Crippen LogP contribution in [-0.4, -0.2) is 37.7 Å². The molecule has 4 rings (SSSR count). The standard InChI is InChI=1S/C22H24N4O2S.HI/c1-23-22(26-17-8-9-19-20(14-17)28-13-5-12-27-19)24-11-10-18-15-29-21(25-18)16-6-3-2-4-7-16;/h2-4,6-9,14-15H,5,10-13H2,1H3,(H2,23,24,26);1H. The van der Waals surface area contributed by atoms with Crippen molar-refractivity contribution in [3.63, 3.8) is 0 Å². The van der Waals surface area contributed by atoms with E-state index in [-0.39, 0.29) is 24.0 Å². The van der Waals surface area contributed by atoms with Gasteiger partial charge in [0.15, 0.2) is 17.5 Å². The number of halogens is 1. The molecule has 0 bridgehead atoms. The van der Waals surface area contributed by atoms with E-state index >= 15 is 0 Å². The van der Waals surface area contributed by atoms with Gasteiger partial charge in [0.2, 0.25) is 0 Å². The van der Waals surface area contributed by atoms with Crippen molar-refractivity contribution < 1.29 is 9.47 Å². The van der Waals surface area contributed by atoms with E-state index in [0.29, 0.717) is 19.2 Å². The molecule has 0 unspecified atom stereocenters. The van der Waals surface area contributed by atoms with E-state index in [0.717, 1.165) is 52.8 Å². The Morgan fingerprint density at radius 3 is 2.70 bits per heavy atom. The maximum Gasteiger partial charge on any atom is 0.195 e. The molecular formula is C22H25IN4O2S. The third kappa shape index (κ3) is 5.85. The number of thiazole rings is 1. The molecule has 0 saturated carbocycles. The number of ether oxygens (including phenoxy) is 2. The van der Waals surface area contributed by atoms with Crippen LogP contribution in [0.1, 0.15) is 12.1 Å². The zero-order valence-electron chi connectivity index (χ0n) is 16.8. The van der Waals surface area contributed by atoms with Crippen molar-refractivity contribution in [2.45, 2.75) is 12.8 Å². The van der Waals surface area contributed by atoms with Gasteiger partial charge < -0.3 is 20.1 Å². The van der Waals surface area contributed by atoms with Crippen LogP contribution in [0, 0.1) is 0 Å². The van der Waals surface area contributed by atoms with Crippen molar-refractivity contribution in [2.24, 2.45) is 4.99 Å². The fraction of sp³-hybridized carbons (Fsp3) is 0.273. The molecule has 1 aliphatic heterocycles. The number of aromatic nitrogens is 1. The lowest BCUT2D eigenvalue weighted by atomic mass is 10.2. The first-order valence-electron chi connectivity index (χ1n) is 9.69. The molecule has 0 aliphatic carbocycles. The van der Waals surface area contributed by atoms with Gasteiger partial charge in [0.05, 0.1) is 18.9 Å². The summed E-state index contributed by atoms with van der Waals surface area (Å²) >= 11 is 1.67. The normalized spacial score (nSPS) is 13.2. The summed E-state index contributed by atoms with van der Waals surface area (Å²) in [6.45, 7) is 2.09. The van der Waals surface area contributed by atoms with Gasteiger partial charge in [-0.25, -0.2) is 4.98 Å². The van der Waals surface area contributed by atoms with Crippen LogP contribution in [0.5, 0.6) is 11.5 Å². The summed E-state index contributed by atoms with van der Waals surface area (Å²) in [6, 6.07) is 16.1. The van der Waals surface area contributed by atoms with Crippen LogP contribution in [0.15, 0.2) is 58.9 Å². The highest BCUT2D eigenvalue weighted by atomic mass is 127. The average molecular weight is 536 g/mol. The molecule has 6 nitrogen and oxygen atoms in total. The first kappa shape index (κ1) is 22.4. The summed E-state index contributed by atoms with van der Waals surface area (Å²) in [7, 11) is 1.76. The molecule has 0 radical (unpaired) electrons. The molecule has 30 heavy (non-hydrogen) atoms. The van der Waals surface area contributed by atoms with Gasteiger partial charge in [-0.1, -0.05) is 30.3 Å². The highest BCUT2D eigenvalue weighted by molar-refractivity contribution is 14.0. The Bertz CT molecular complexity index is 978. The number of fused-ring (bicyclic) bond motifs is 1. The summed E-state index contributed by atoms with van der Waals surface area (Å²) in [5.41, 5.74) is 3.14. The van der Waals surface area contributed by atoms with Crippen LogP contribution in [0.2, 0.25) is 0 Å². The number of nitrogens with zero attached hydrogens (tertiary/aromatic N) is 2. The number of benzene rings is 2. The van der Waals surface area contributed by atoms with E-state index in [4.69, 9.17) is 14.5 Å². The van der Waals surface area contributed by atoms with Crippen LogP contribution in [-0.2, 0) is 6.42 Å². The highest BCUT2D eigenvalue weighted by Crippen LogP contribution is 2.32. The molecular weight excluding hydrogens is 511 g/mol. The van der Waals surface area contributed by atoms with Crippen molar-refractivity contribution >= 4 is 47.0 Å². The van der Waals surface area contributed by atoms with Crippen LogP contribution < -0.4 is 20.1 Å². The molecule has 3 aromatic rings. The second kappa shape index (κ2) is 11.2. The largest absolute Gasteiger partial charge is 0.490 e. The number of rotatable bonds is 5. The average Bonchev–Trinajstić information content (AvgIpc) is 3.11. The number of aliphatic imine (C=N–C) groups is 1. The van der Waals surface area contributed by atoms with Crippen LogP contribution in [0.25, 0.3) is 10.6 Å². The molecule has 0 amide bonds. The summed E-state index contributed by atoms with van der Waals surface area (Å²) < 4.78 is 11.4. The highest BCUT2D eigenvalue weighted by Gasteiger charge is 2.11. The SMILES string of the molecule is CN=C(NCCc1csc(-c2ccccc2)n1)Nc1ccc2c(c1)OCCCO2.I. The van der Waals surface area contributed by atoms with E-state index in [1.54, 1.807) is 18.4 Å². The zero-order valence-corrected chi connectivity index (χ0v) is 19.9. The van der Waals surface area contributed by atoms with Crippen LogP contribution in [0.4, 0.5) is 5.69 Å². The first-order valence-corrected chi connectivity index (χ1v) is 10.6. The molecule has 0 fully saturated rings. The molecule has 0 saturated heterocycles. The summed E-state index contributed by atoms with van der Waals surface area (Å²) in [5.74, 6) is 2.26. The number of nitrogens with one attached hydrogen (secondary N) is 2. The molecule has 0 spiro atoms. The maximum absolute atomic E-state index is 5.75. The van der Waals surface area contributed by atoms with E-state index < -0.39 is 0 Å². The third-order valence-corrected chi connectivity index (χ3v) is 5.42. The monoisotopic (exact) mass is 536 g/mol. The molecule has 1 aromatic heterocycles. The lowest BCUT2D eigenvalue weighted by Crippen LogP contribution is -2.32. The molecule has 158 valence electrons. The van der Waals surface area contributed by atoms with Crippen molar-refractivity contribution in [3.8, 4) is 22.1 Å². The Balaban J connectivity index is 0.00000256. The fourth-order valence-electron chi connectivity index (χ4n) is 3.00. The van der Waals surface area contributed by atoms with E-state index in [1.165, 1.54) is 0 Å². The summed E-state index contributed by atoms with van der Waals surface area (Å²) in [4.78, 5) is 9.03. The smallest absolute Gasteiger partial charge is 0.195 e. The van der Waals surface area contributed by atoms with Crippen molar-refractivity contribution in [3.05, 3.63) is 59.6 Å². The topological polar surface area (TPSA) is 67.8 Å². The predicted molar refractivity (Wildman–Crippen MR) is 134 cm³/mol. The van der Waals surface area contributed by atoms with Gasteiger partial charge in [-0.05, 0) is 12.1 Å². The van der Waals surface area contributed by atoms with Crippen LogP contribution >= 0.6 is 35.3 Å². The summed E-state index contributed by atoms with van der Waals surface area (Å²) in [5, 5.41) is 9.81. The second-order valence-corrected chi connectivity index (χ2v) is 7.45. The van der Waals surface area contributed by atoms with Crippen molar-refractivity contribution in [1.82, 2.24) is 10.3 Å². The fourth-order valence-corrected chi connectivity index (χ4v) is 3.86. The van der Waals surface area contributed by atoms with E-state index in [2.05, 4.69) is 33.1 Å². The quantitative estimate of drug-likeness (QED) is 0.278. The Labute approximate surface area is 197 Å². The molecule has 0 atom stereocenters. The van der Waals surface area contributed by atoms with Gasteiger partial charge in [-0.15, -0.1) is 35.3 Å². The number of hydrogen-bond acceptors (Lipinski definition) is 5. The minimum Gasteiger partial charge on any atom is -0.490 e. The van der Waals surface area contributed by atoms with Gasteiger partial charge in [-0.3, -0.25) is 4.99 Å². The zero-order chi connectivity index (χ0) is 19.9. The molecule has 2 N–H and O–H groups in total. The van der Waals surface area contributed by atoms with Gasteiger partial charge in [-0.2, -0.15) is 0 Å². The number of guanidine groups is 1. The second-order valence-electron chi connectivity index (χ2n) is 6.60. The lowest BCUT2D eigenvalue weighted by Gasteiger charge is -2.13. The van der Waals surface area contributed by atoms with Crippen LogP contribution in [0.3, 0.4) is 0 Å². The molecule has 2 heterocycles. The minimum atomic E-state index is 0. The Morgan fingerprint density at radius 1 is 1.10 bits per heavy atom. The Hall–Kier alpha value is -2.33. The van der Waals surface area contributed by atoms with Crippen molar-refractivity contribution in [1.29, 1.82) is 0 Å². The van der Waals surface area contributed by atoms with Gasteiger partial charge in [0.1, 0.15) is 5.01 Å². The van der Waals surface area contributed by atoms with E-state index in [1.807, 2.05) is 36.4 Å². The number of anilines is 1. The van der Waals surface area contributed by atoms with Gasteiger partial charge >= 0.3 is 0 Å². The first-order chi connectivity index (χ1) is 14.3. The molecule has 1 aliphatic rings. The van der Waals surface area contributed by atoms with Gasteiger partial charge in [0.25, 0.3) is 0 Å². The Morgan fingerprint density at radius 2 is 1.90 bits per heavy atom.